The molecule has 1 N–H and O–H groups in total. The first kappa shape index (κ1) is 16.0. The van der Waals surface area contributed by atoms with Gasteiger partial charge >= 0.3 is 0 Å². The van der Waals surface area contributed by atoms with E-state index in [2.05, 4.69) is 40.8 Å². The number of nitrogens with zero attached hydrogens (tertiary/aromatic N) is 2. The van der Waals surface area contributed by atoms with Crippen LogP contribution in [0.15, 0.2) is 42.5 Å². The van der Waals surface area contributed by atoms with Crippen molar-refractivity contribution in [2.45, 2.75) is 13.8 Å². The van der Waals surface area contributed by atoms with E-state index in [9.17, 15) is 0 Å². The van der Waals surface area contributed by atoms with Gasteiger partial charge < -0.3 is 9.88 Å². The number of nitrogens with one attached hydrogen (secondary N) is 1. The molecule has 0 aliphatic heterocycles. The van der Waals surface area contributed by atoms with Crippen molar-refractivity contribution in [3.05, 3.63) is 58.9 Å². The van der Waals surface area contributed by atoms with Gasteiger partial charge in [-0.25, -0.2) is 4.98 Å². The minimum atomic E-state index is 0.671. The minimum absolute atomic E-state index is 0.671. The summed E-state index contributed by atoms with van der Waals surface area (Å²) >= 11 is 11.7. The Kier molecular flexibility index (Phi) is 4.64. The number of rotatable bonds is 5. The van der Waals surface area contributed by atoms with E-state index in [1.807, 2.05) is 30.3 Å². The Hall–Kier alpha value is -1.91. The Labute approximate surface area is 146 Å². The summed E-state index contributed by atoms with van der Waals surface area (Å²) in [7, 11) is 0. The zero-order valence-electron chi connectivity index (χ0n) is 13.1. The van der Waals surface area contributed by atoms with Gasteiger partial charge in [0.15, 0.2) is 0 Å². The van der Waals surface area contributed by atoms with Crippen LogP contribution < -0.4 is 4.90 Å². The Morgan fingerprint density at radius 3 is 2.65 bits per heavy atom. The molecule has 0 atom stereocenters. The van der Waals surface area contributed by atoms with Crippen LogP contribution in [0.4, 0.5) is 5.69 Å². The molecular weight excluding hydrogens is 326 g/mol. The fourth-order valence-corrected chi connectivity index (χ4v) is 3.16. The molecule has 23 heavy (non-hydrogen) atoms. The predicted molar refractivity (Wildman–Crippen MR) is 102 cm³/mol. The third-order valence-electron chi connectivity index (χ3n) is 3.91. The van der Waals surface area contributed by atoms with E-state index in [1.54, 1.807) is 0 Å². The molecule has 0 unspecified atom stereocenters. The van der Waals surface area contributed by atoms with Crippen molar-refractivity contribution < 1.29 is 0 Å². The first-order chi connectivity index (χ1) is 11.1. The van der Waals surface area contributed by atoms with Crippen molar-refractivity contribution in [3.63, 3.8) is 0 Å². The minimum Gasteiger partial charge on any atom is -0.372 e. The molecule has 2 aromatic carbocycles. The maximum atomic E-state index is 6.04. The summed E-state index contributed by atoms with van der Waals surface area (Å²) in [6.45, 7) is 6.16. The monoisotopic (exact) mass is 343 g/mol. The van der Waals surface area contributed by atoms with Crippen molar-refractivity contribution in [2.24, 2.45) is 0 Å². The van der Waals surface area contributed by atoms with E-state index in [1.165, 1.54) is 0 Å². The lowest BCUT2D eigenvalue weighted by Crippen LogP contribution is -2.24. The number of thiocarbonyl (C=S) groups is 1. The molecule has 0 radical (unpaired) electrons. The number of aromatic nitrogens is 2. The molecule has 1 aromatic heterocycles. The van der Waals surface area contributed by atoms with Crippen LogP contribution in [0.3, 0.4) is 0 Å². The number of hydrogen-bond acceptors (Lipinski definition) is 3. The van der Waals surface area contributed by atoms with E-state index in [-0.39, 0.29) is 0 Å². The number of H-pyrrole nitrogens is 1. The molecule has 3 nitrogen and oxygen atoms in total. The zero-order valence-corrected chi connectivity index (χ0v) is 14.7. The fourth-order valence-electron chi connectivity index (χ4n) is 2.72. The number of hydrogen-bond donors (Lipinski definition) is 1. The van der Waals surface area contributed by atoms with Crippen LogP contribution in [0, 0.1) is 0 Å². The van der Waals surface area contributed by atoms with E-state index in [0.717, 1.165) is 40.2 Å². The van der Waals surface area contributed by atoms with Gasteiger partial charge in [0.25, 0.3) is 0 Å². The molecule has 0 saturated heterocycles. The molecule has 118 valence electrons. The summed E-state index contributed by atoms with van der Waals surface area (Å²) in [6, 6.07) is 13.8. The average Bonchev–Trinajstić information content (AvgIpc) is 2.99. The van der Waals surface area contributed by atoms with Gasteiger partial charge in [0.1, 0.15) is 5.82 Å². The molecule has 0 fully saturated rings. The van der Waals surface area contributed by atoms with Crippen LogP contribution in [0.25, 0.3) is 11.0 Å². The molecule has 0 aliphatic rings. The number of anilines is 1. The predicted octanol–water partition coefficient (Wildman–Crippen LogP) is 4.83. The van der Waals surface area contributed by atoms with Crippen LogP contribution in [0.1, 0.15) is 25.2 Å². The van der Waals surface area contributed by atoms with Crippen LogP contribution in [0.2, 0.25) is 5.02 Å². The van der Waals surface area contributed by atoms with Gasteiger partial charge in [0.2, 0.25) is 0 Å². The first-order valence-corrected chi connectivity index (χ1v) is 8.46. The Morgan fingerprint density at radius 2 is 1.91 bits per heavy atom. The van der Waals surface area contributed by atoms with Crippen LogP contribution in [-0.2, 0) is 0 Å². The molecule has 1 heterocycles. The summed E-state index contributed by atoms with van der Waals surface area (Å²) in [5.74, 6) is 0.705. The highest BCUT2D eigenvalue weighted by molar-refractivity contribution is 7.81. The molecule has 3 aromatic rings. The van der Waals surface area contributed by atoms with Gasteiger partial charge in [0.05, 0.1) is 15.9 Å². The second-order valence-electron chi connectivity index (χ2n) is 5.27. The molecule has 3 rings (SSSR count). The fraction of sp³-hybridized carbons (Fsp3) is 0.222. The summed E-state index contributed by atoms with van der Waals surface area (Å²) in [5.41, 5.74) is 3.93. The number of halogens is 1. The van der Waals surface area contributed by atoms with E-state index in [0.29, 0.717) is 10.8 Å². The highest BCUT2D eigenvalue weighted by Gasteiger charge is 2.16. The van der Waals surface area contributed by atoms with Crippen LogP contribution in [0.5, 0.6) is 0 Å². The normalized spacial score (nSPS) is 10.9. The van der Waals surface area contributed by atoms with E-state index >= 15 is 0 Å². The molecule has 0 spiro atoms. The lowest BCUT2D eigenvalue weighted by Gasteiger charge is -2.24. The lowest BCUT2D eigenvalue weighted by atomic mass is 10.1. The SMILES string of the molecule is CCN(CC)c1ccccc1C(=S)c1nc2cc(Cl)ccc2[nH]1. The third-order valence-corrected chi connectivity index (χ3v) is 4.56. The number of para-hydroxylation sites is 1. The number of benzene rings is 2. The first-order valence-electron chi connectivity index (χ1n) is 7.68. The number of fused-ring (bicyclic) bond motifs is 1. The van der Waals surface area contributed by atoms with Crippen molar-refractivity contribution in [1.29, 1.82) is 0 Å². The second-order valence-corrected chi connectivity index (χ2v) is 6.11. The lowest BCUT2D eigenvalue weighted by molar-refractivity contribution is 0.865. The quantitative estimate of drug-likeness (QED) is 0.532. The molecular formula is C18H18ClN3S. The summed E-state index contributed by atoms with van der Waals surface area (Å²) in [6.07, 6.45) is 0. The molecule has 5 heteroatoms. The van der Waals surface area contributed by atoms with Gasteiger partial charge in [-0.3, -0.25) is 0 Å². The smallest absolute Gasteiger partial charge is 0.150 e. The maximum Gasteiger partial charge on any atom is 0.150 e. The summed E-state index contributed by atoms with van der Waals surface area (Å²) in [5, 5.41) is 0.671. The maximum absolute atomic E-state index is 6.04. The standard InChI is InChI=1S/C18H18ClN3S/c1-3-22(4-2)16-8-6-5-7-13(16)17(23)18-20-14-10-9-12(19)11-15(14)21-18/h5-11H,3-4H2,1-2H3,(H,20,21). The van der Waals surface area contributed by atoms with E-state index in [4.69, 9.17) is 23.8 Å². The largest absolute Gasteiger partial charge is 0.372 e. The van der Waals surface area contributed by atoms with Gasteiger partial charge in [-0.2, -0.15) is 0 Å². The number of aromatic amines is 1. The Balaban J connectivity index is 2.05. The van der Waals surface area contributed by atoms with Gasteiger partial charge in [0, 0.05) is 29.4 Å². The number of imidazole rings is 1. The topological polar surface area (TPSA) is 31.9 Å². The van der Waals surface area contributed by atoms with Gasteiger partial charge in [-0.15, -0.1) is 0 Å². The van der Waals surface area contributed by atoms with Crippen LogP contribution in [-0.4, -0.2) is 27.9 Å². The summed E-state index contributed by atoms with van der Waals surface area (Å²) in [4.78, 5) is 10.9. The Morgan fingerprint density at radius 1 is 1.17 bits per heavy atom. The Bertz CT molecular complexity index is 852. The molecule has 0 amide bonds. The molecule has 0 bridgehead atoms. The average molecular weight is 344 g/mol. The highest BCUT2D eigenvalue weighted by atomic mass is 35.5. The van der Waals surface area contributed by atoms with Crippen molar-refractivity contribution in [1.82, 2.24) is 9.97 Å². The highest BCUT2D eigenvalue weighted by Crippen LogP contribution is 2.25. The van der Waals surface area contributed by atoms with Crippen molar-refractivity contribution in [2.75, 3.05) is 18.0 Å². The zero-order chi connectivity index (χ0) is 16.4. The summed E-state index contributed by atoms with van der Waals surface area (Å²) < 4.78 is 0. The third kappa shape index (κ3) is 3.09. The van der Waals surface area contributed by atoms with Crippen molar-refractivity contribution in [3.8, 4) is 0 Å². The molecule has 0 aliphatic carbocycles. The molecule has 0 saturated carbocycles. The van der Waals surface area contributed by atoms with Crippen molar-refractivity contribution >= 4 is 45.4 Å². The van der Waals surface area contributed by atoms with Crippen LogP contribution >= 0.6 is 23.8 Å². The van der Waals surface area contributed by atoms with Gasteiger partial charge in [-0.1, -0.05) is 42.0 Å². The second kappa shape index (κ2) is 6.69. The van der Waals surface area contributed by atoms with Gasteiger partial charge in [-0.05, 0) is 38.1 Å². The van der Waals surface area contributed by atoms with E-state index < -0.39 is 0 Å².